The van der Waals surface area contributed by atoms with Gasteiger partial charge < -0.3 is 9.50 Å². The van der Waals surface area contributed by atoms with Gasteiger partial charge in [-0.25, -0.2) is 4.79 Å². The van der Waals surface area contributed by atoms with E-state index in [4.69, 9.17) is 4.18 Å². The average molecular weight is 314 g/mol. The van der Waals surface area contributed by atoms with E-state index >= 15 is 0 Å². The van der Waals surface area contributed by atoms with Crippen molar-refractivity contribution < 1.29 is 8.98 Å². The minimum absolute atomic E-state index is 0.0254. The molecule has 1 aliphatic heterocycles. The molecular weight excluding hydrogens is 296 g/mol. The van der Waals surface area contributed by atoms with E-state index in [0.717, 1.165) is 35.8 Å². The molecule has 0 aliphatic carbocycles. The van der Waals surface area contributed by atoms with Crippen LogP contribution in [0.15, 0.2) is 53.4 Å². The zero-order valence-electron chi connectivity index (χ0n) is 12.4. The molecule has 0 unspecified atom stereocenters. The van der Waals surface area contributed by atoms with Crippen LogP contribution in [0, 0.1) is 6.92 Å². The highest BCUT2D eigenvalue weighted by atomic mass is 32.2. The van der Waals surface area contributed by atoms with Crippen LogP contribution in [0.5, 0.6) is 5.75 Å². The van der Waals surface area contributed by atoms with Crippen LogP contribution < -0.4 is 14.4 Å². The molecule has 22 heavy (non-hydrogen) atoms. The van der Waals surface area contributed by atoms with E-state index in [9.17, 15) is 4.79 Å². The summed E-state index contributed by atoms with van der Waals surface area (Å²) in [7, 11) is 0. The maximum atomic E-state index is 11.8. The largest absolute Gasteiger partial charge is 0.421 e. The summed E-state index contributed by atoms with van der Waals surface area (Å²) in [4.78, 5) is 14.6. The van der Waals surface area contributed by atoms with E-state index in [1.165, 1.54) is 17.6 Å². The summed E-state index contributed by atoms with van der Waals surface area (Å²) in [6.45, 7) is 3.57. The molecular formula is C17H18N2O2S. The number of urea groups is 1. The van der Waals surface area contributed by atoms with Crippen molar-refractivity contribution in [1.29, 1.82) is 0 Å². The highest BCUT2D eigenvalue weighted by Crippen LogP contribution is 2.26. The number of rotatable bonds is 4. The average Bonchev–Trinajstić information content (AvgIpc) is 2.55. The summed E-state index contributed by atoms with van der Waals surface area (Å²) in [6, 6.07) is 15.8. The first kappa shape index (κ1) is 14.8. The van der Waals surface area contributed by atoms with Crippen LogP contribution in [0.1, 0.15) is 12.0 Å². The minimum Gasteiger partial charge on any atom is -0.421 e. The van der Waals surface area contributed by atoms with Gasteiger partial charge in [0.1, 0.15) is 5.75 Å². The van der Waals surface area contributed by atoms with Crippen molar-refractivity contribution in [2.24, 2.45) is 0 Å². The molecule has 2 aromatic carbocycles. The molecule has 0 bridgehead atoms. The van der Waals surface area contributed by atoms with Gasteiger partial charge >= 0.3 is 6.03 Å². The minimum atomic E-state index is -0.0254. The van der Waals surface area contributed by atoms with E-state index in [1.807, 2.05) is 55.5 Å². The molecule has 3 rings (SSSR count). The number of amides is 2. The summed E-state index contributed by atoms with van der Waals surface area (Å²) in [5.74, 6) is 0.829. The molecule has 0 spiro atoms. The topological polar surface area (TPSA) is 41.6 Å². The van der Waals surface area contributed by atoms with Gasteiger partial charge in [-0.15, -0.1) is 0 Å². The number of nitrogens with one attached hydrogen (secondary N) is 1. The van der Waals surface area contributed by atoms with Crippen LogP contribution in [0.25, 0.3) is 0 Å². The molecule has 2 amide bonds. The van der Waals surface area contributed by atoms with Crippen molar-refractivity contribution in [3.05, 3.63) is 54.1 Å². The predicted octanol–water partition coefficient (Wildman–Crippen LogP) is 4.00. The first-order chi connectivity index (χ1) is 10.7. The maximum absolute atomic E-state index is 11.8. The van der Waals surface area contributed by atoms with Crippen LogP contribution in [-0.2, 0) is 0 Å². The molecule has 0 atom stereocenters. The zero-order chi connectivity index (χ0) is 15.4. The third-order valence-electron chi connectivity index (χ3n) is 3.48. The van der Waals surface area contributed by atoms with Crippen LogP contribution in [0.3, 0.4) is 0 Å². The summed E-state index contributed by atoms with van der Waals surface area (Å²) in [6.07, 6.45) is 0.971. The highest BCUT2D eigenvalue weighted by molar-refractivity contribution is 7.95. The third kappa shape index (κ3) is 3.54. The number of carbonyl (C=O) groups excluding carboxylic acids is 1. The number of hydrogen-bond acceptors (Lipinski definition) is 3. The van der Waals surface area contributed by atoms with Gasteiger partial charge in [-0.2, -0.15) is 0 Å². The normalized spacial score (nSPS) is 14.6. The Hall–Kier alpha value is -2.14. The van der Waals surface area contributed by atoms with Crippen molar-refractivity contribution in [1.82, 2.24) is 5.32 Å². The predicted molar refractivity (Wildman–Crippen MR) is 89.5 cm³/mol. The number of benzene rings is 2. The molecule has 0 radical (unpaired) electrons. The number of aryl methyl sites for hydroxylation is 1. The lowest BCUT2D eigenvalue weighted by Crippen LogP contribution is -2.46. The fourth-order valence-corrected chi connectivity index (χ4v) is 2.80. The molecule has 5 heteroatoms. The fourth-order valence-electron chi connectivity index (χ4n) is 2.25. The summed E-state index contributed by atoms with van der Waals surface area (Å²) >= 11 is 1.32. The van der Waals surface area contributed by atoms with E-state index < -0.39 is 0 Å². The Morgan fingerprint density at radius 2 is 1.82 bits per heavy atom. The maximum Gasteiger partial charge on any atom is 0.321 e. The van der Waals surface area contributed by atoms with E-state index in [-0.39, 0.29) is 6.03 Å². The van der Waals surface area contributed by atoms with Gasteiger partial charge in [-0.1, -0.05) is 17.7 Å². The monoisotopic (exact) mass is 314 g/mol. The number of nitrogens with zero attached hydrogens (tertiary/aromatic N) is 1. The van der Waals surface area contributed by atoms with Gasteiger partial charge in [0.2, 0.25) is 0 Å². The highest BCUT2D eigenvalue weighted by Gasteiger charge is 2.18. The second-order valence-corrected chi connectivity index (χ2v) is 6.02. The van der Waals surface area contributed by atoms with Crippen LogP contribution in [0.2, 0.25) is 0 Å². The van der Waals surface area contributed by atoms with Crippen LogP contribution in [-0.4, -0.2) is 19.1 Å². The van der Waals surface area contributed by atoms with Gasteiger partial charge in [0.25, 0.3) is 0 Å². The van der Waals surface area contributed by atoms with Gasteiger partial charge in [-0.05, 0) is 49.7 Å². The van der Waals surface area contributed by atoms with Gasteiger partial charge in [0.05, 0.1) is 12.0 Å². The molecule has 2 aromatic rings. The Bertz CT molecular complexity index is 641. The molecule has 1 heterocycles. The smallest absolute Gasteiger partial charge is 0.321 e. The lowest BCUT2D eigenvalue weighted by molar-refractivity contribution is 0.243. The summed E-state index contributed by atoms with van der Waals surface area (Å²) in [5, 5.41) is 2.85. The molecule has 4 nitrogen and oxygen atoms in total. The lowest BCUT2D eigenvalue weighted by Gasteiger charge is -2.27. The molecule has 1 aliphatic rings. The Balaban J connectivity index is 1.61. The Morgan fingerprint density at radius 3 is 2.50 bits per heavy atom. The van der Waals surface area contributed by atoms with E-state index in [1.54, 1.807) is 4.90 Å². The standard InChI is InChI=1S/C17H18N2O2S/c1-13-3-7-15(8-4-13)21-22-16-9-5-14(6-10-16)19-12-2-11-18-17(19)20/h3-10H,2,11-12H2,1H3,(H,18,20). The molecule has 0 aromatic heterocycles. The van der Waals surface area contributed by atoms with Crippen molar-refractivity contribution in [2.45, 2.75) is 18.2 Å². The van der Waals surface area contributed by atoms with Gasteiger partial charge in [0.15, 0.2) is 0 Å². The molecule has 1 N–H and O–H groups in total. The van der Waals surface area contributed by atoms with Crippen LogP contribution in [0.4, 0.5) is 10.5 Å². The number of hydrogen-bond donors (Lipinski definition) is 1. The molecule has 114 valence electrons. The van der Waals surface area contributed by atoms with Gasteiger partial charge in [0, 0.05) is 23.7 Å². The second-order valence-electron chi connectivity index (χ2n) is 5.21. The molecule has 1 saturated heterocycles. The van der Waals surface area contributed by atoms with E-state index in [0.29, 0.717) is 0 Å². The zero-order valence-corrected chi connectivity index (χ0v) is 13.2. The Kier molecular flexibility index (Phi) is 4.53. The van der Waals surface area contributed by atoms with Crippen molar-refractivity contribution in [3.8, 4) is 5.75 Å². The summed E-state index contributed by atoms with van der Waals surface area (Å²) < 4.78 is 5.68. The number of carbonyl (C=O) groups is 1. The molecule has 0 saturated carbocycles. The second kappa shape index (κ2) is 6.75. The first-order valence-corrected chi connectivity index (χ1v) is 8.03. The lowest BCUT2D eigenvalue weighted by atomic mass is 10.2. The van der Waals surface area contributed by atoms with Crippen molar-refractivity contribution in [2.75, 3.05) is 18.0 Å². The van der Waals surface area contributed by atoms with Gasteiger partial charge in [-0.3, -0.25) is 4.90 Å². The summed E-state index contributed by atoms with van der Waals surface area (Å²) in [5.41, 5.74) is 2.12. The van der Waals surface area contributed by atoms with Crippen molar-refractivity contribution in [3.63, 3.8) is 0 Å². The van der Waals surface area contributed by atoms with Crippen LogP contribution >= 0.6 is 12.0 Å². The van der Waals surface area contributed by atoms with Crippen molar-refractivity contribution >= 4 is 23.8 Å². The molecule has 1 fully saturated rings. The first-order valence-electron chi connectivity index (χ1n) is 7.29. The Labute approximate surface area is 134 Å². The Morgan fingerprint density at radius 1 is 1.09 bits per heavy atom. The fraction of sp³-hybridized carbons (Fsp3) is 0.235. The third-order valence-corrected chi connectivity index (χ3v) is 4.22. The SMILES string of the molecule is Cc1ccc(OSc2ccc(N3CCCNC3=O)cc2)cc1. The quantitative estimate of drug-likeness (QED) is 0.867. The van der Waals surface area contributed by atoms with E-state index in [2.05, 4.69) is 5.32 Å². The number of anilines is 1.